The SMILES string of the molecule is c1cc2c3ccncc3n3c4cc5c6cccc7c8ccncc8n(c5cc4c(c1)c23)c76. The fraction of sp³-hybridized carbons (Fsp3) is 0. The van der Waals surface area contributed by atoms with Crippen LogP contribution in [0, 0.1) is 0 Å². The summed E-state index contributed by atoms with van der Waals surface area (Å²) in [6.07, 6.45) is 7.75. The van der Waals surface area contributed by atoms with Gasteiger partial charge >= 0.3 is 0 Å². The molecular weight excluding hydrogens is 392 g/mol. The number of nitrogens with zero attached hydrogens (tertiary/aromatic N) is 4. The molecule has 4 heteroatoms. The lowest BCUT2D eigenvalue weighted by molar-refractivity contribution is 1.30. The van der Waals surface area contributed by atoms with Gasteiger partial charge in [0.15, 0.2) is 0 Å². The molecule has 4 nitrogen and oxygen atoms in total. The maximum absolute atomic E-state index is 4.44. The average molecular weight is 406 g/mol. The summed E-state index contributed by atoms with van der Waals surface area (Å²) in [5.41, 5.74) is 7.38. The van der Waals surface area contributed by atoms with Crippen molar-refractivity contribution in [3.05, 3.63) is 85.5 Å². The van der Waals surface area contributed by atoms with Gasteiger partial charge in [-0.1, -0.05) is 36.4 Å². The van der Waals surface area contributed by atoms with Crippen molar-refractivity contribution in [1.82, 2.24) is 18.8 Å². The van der Waals surface area contributed by atoms with Crippen molar-refractivity contribution < 1.29 is 0 Å². The van der Waals surface area contributed by atoms with E-state index >= 15 is 0 Å². The summed E-state index contributed by atoms with van der Waals surface area (Å²) in [6, 6.07) is 22.3. The highest BCUT2D eigenvalue weighted by Crippen LogP contribution is 2.43. The molecular formula is C28H14N4. The van der Waals surface area contributed by atoms with Crippen LogP contribution in [0.5, 0.6) is 0 Å². The second-order valence-corrected chi connectivity index (χ2v) is 8.75. The molecule has 0 N–H and O–H groups in total. The molecule has 6 aromatic heterocycles. The van der Waals surface area contributed by atoms with Crippen LogP contribution in [0.3, 0.4) is 0 Å². The second kappa shape index (κ2) is 4.89. The average Bonchev–Trinajstić information content (AvgIpc) is 3.56. The van der Waals surface area contributed by atoms with E-state index in [4.69, 9.17) is 0 Å². The van der Waals surface area contributed by atoms with E-state index in [9.17, 15) is 0 Å². The molecule has 146 valence electrons. The Bertz CT molecular complexity index is 2040. The molecule has 6 heterocycles. The van der Waals surface area contributed by atoms with E-state index in [2.05, 4.69) is 79.4 Å². The molecule has 0 aliphatic heterocycles. The van der Waals surface area contributed by atoms with Crippen molar-refractivity contribution >= 4 is 76.2 Å². The van der Waals surface area contributed by atoms with Gasteiger partial charge < -0.3 is 8.80 Å². The van der Waals surface area contributed by atoms with Gasteiger partial charge in [0.2, 0.25) is 0 Å². The van der Waals surface area contributed by atoms with Gasteiger partial charge in [-0.3, -0.25) is 9.97 Å². The van der Waals surface area contributed by atoms with E-state index in [1.54, 1.807) is 0 Å². The zero-order chi connectivity index (χ0) is 20.6. The highest BCUT2D eigenvalue weighted by Gasteiger charge is 2.21. The number of para-hydroxylation sites is 2. The van der Waals surface area contributed by atoms with E-state index in [0.29, 0.717) is 0 Å². The molecule has 9 rings (SSSR count). The van der Waals surface area contributed by atoms with Crippen LogP contribution < -0.4 is 0 Å². The summed E-state index contributed by atoms with van der Waals surface area (Å²) in [7, 11) is 0. The van der Waals surface area contributed by atoms with E-state index in [0.717, 1.165) is 0 Å². The largest absolute Gasteiger partial charge is 0.306 e. The third-order valence-corrected chi connectivity index (χ3v) is 7.36. The molecule has 3 aromatic carbocycles. The Morgan fingerprint density at radius 2 is 0.875 bits per heavy atom. The van der Waals surface area contributed by atoms with Crippen molar-refractivity contribution in [2.45, 2.75) is 0 Å². The smallest absolute Gasteiger partial charge is 0.0724 e. The van der Waals surface area contributed by atoms with Gasteiger partial charge in [0.25, 0.3) is 0 Å². The molecule has 0 aliphatic carbocycles. The summed E-state index contributed by atoms with van der Waals surface area (Å²) in [6.45, 7) is 0. The van der Waals surface area contributed by atoms with Crippen LogP contribution in [-0.4, -0.2) is 18.8 Å². The number of pyridine rings is 2. The lowest BCUT2D eigenvalue weighted by atomic mass is 10.1. The minimum absolute atomic E-state index is 1.17. The zero-order valence-electron chi connectivity index (χ0n) is 16.9. The highest BCUT2D eigenvalue weighted by molar-refractivity contribution is 6.28. The summed E-state index contributed by atoms with van der Waals surface area (Å²) >= 11 is 0. The standard InChI is InChI=1S/C28H14N4/c1-3-17-15-7-9-29-13-25(15)31-23-12-22-20-6-2-4-18-16-8-10-30-14-26(16)32(28(18)20)24(22)11-21(23)19(5-1)27(17)31/h1-14H. The molecule has 0 amide bonds. The van der Waals surface area contributed by atoms with Crippen LogP contribution in [0.4, 0.5) is 0 Å². The van der Waals surface area contributed by atoms with Gasteiger partial charge in [-0.25, -0.2) is 0 Å². The Balaban J connectivity index is 1.63. The van der Waals surface area contributed by atoms with Crippen molar-refractivity contribution in [1.29, 1.82) is 0 Å². The number of hydrogen-bond donors (Lipinski definition) is 0. The van der Waals surface area contributed by atoms with Crippen molar-refractivity contribution in [2.75, 3.05) is 0 Å². The van der Waals surface area contributed by atoms with E-state index in [1.165, 1.54) is 76.2 Å². The van der Waals surface area contributed by atoms with Gasteiger partial charge in [-0.2, -0.15) is 0 Å². The molecule has 0 spiro atoms. The minimum Gasteiger partial charge on any atom is -0.306 e. The van der Waals surface area contributed by atoms with E-state index < -0.39 is 0 Å². The summed E-state index contributed by atoms with van der Waals surface area (Å²) < 4.78 is 4.80. The number of benzene rings is 3. The maximum atomic E-state index is 4.44. The first-order chi connectivity index (χ1) is 15.9. The normalized spacial score (nSPS) is 13.0. The molecule has 32 heavy (non-hydrogen) atoms. The van der Waals surface area contributed by atoms with Crippen LogP contribution in [0.15, 0.2) is 85.5 Å². The fourth-order valence-electron chi connectivity index (χ4n) is 6.14. The van der Waals surface area contributed by atoms with E-state index in [1.807, 2.05) is 24.8 Å². The molecule has 0 bridgehead atoms. The van der Waals surface area contributed by atoms with Gasteiger partial charge in [-0.05, 0) is 24.3 Å². The van der Waals surface area contributed by atoms with Crippen molar-refractivity contribution in [3.8, 4) is 0 Å². The van der Waals surface area contributed by atoms with Crippen LogP contribution in [0.1, 0.15) is 0 Å². The Hall–Kier alpha value is -4.44. The third kappa shape index (κ3) is 1.49. The van der Waals surface area contributed by atoms with Gasteiger partial charge in [0.1, 0.15) is 0 Å². The second-order valence-electron chi connectivity index (χ2n) is 8.75. The Labute approximate surface area is 180 Å². The Morgan fingerprint density at radius 1 is 0.438 bits per heavy atom. The molecule has 0 atom stereocenters. The van der Waals surface area contributed by atoms with Crippen molar-refractivity contribution in [2.24, 2.45) is 0 Å². The monoisotopic (exact) mass is 406 g/mol. The number of rotatable bonds is 0. The first-order valence-corrected chi connectivity index (χ1v) is 10.8. The van der Waals surface area contributed by atoms with Crippen LogP contribution in [0.2, 0.25) is 0 Å². The summed E-state index contributed by atoms with van der Waals surface area (Å²) in [5.74, 6) is 0. The van der Waals surface area contributed by atoms with Crippen LogP contribution in [0.25, 0.3) is 76.2 Å². The third-order valence-electron chi connectivity index (χ3n) is 7.36. The van der Waals surface area contributed by atoms with Gasteiger partial charge in [-0.15, -0.1) is 0 Å². The maximum Gasteiger partial charge on any atom is 0.0724 e. The number of hydrogen-bond acceptors (Lipinski definition) is 2. The molecule has 0 radical (unpaired) electrons. The van der Waals surface area contributed by atoms with Crippen molar-refractivity contribution in [3.63, 3.8) is 0 Å². The molecule has 0 fully saturated rings. The summed E-state index contributed by atoms with van der Waals surface area (Å²) in [4.78, 5) is 8.89. The number of fused-ring (bicyclic) bond motifs is 12. The van der Waals surface area contributed by atoms with Gasteiger partial charge in [0, 0.05) is 55.5 Å². The predicted molar refractivity (Wildman–Crippen MR) is 131 cm³/mol. The molecule has 0 unspecified atom stereocenters. The van der Waals surface area contributed by atoms with Gasteiger partial charge in [0.05, 0.1) is 45.5 Å². The zero-order valence-corrected chi connectivity index (χ0v) is 16.9. The number of aromatic nitrogens is 4. The summed E-state index contributed by atoms with van der Waals surface area (Å²) in [5, 5.41) is 10.2. The Kier molecular flexibility index (Phi) is 2.35. The Morgan fingerprint density at radius 3 is 1.34 bits per heavy atom. The topological polar surface area (TPSA) is 34.6 Å². The lowest BCUT2D eigenvalue weighted by Crippen LogP contribution is -1.84. The first kappa shape index (κ1) is 15.4. The lowest BCUT2D eigenvalue weighted by Gasteiger charge is -2.00. The fourth-order valence-corrected chi connectivity index (χ4v) is 6.14. The minimum atomic E-state index is 1.17. The highest BCUT2D eigenvalue weighted by atomic mass is 14.9. The molecule has 0 aliphatic rings. The quantitative estimate of drug-likeness (QED) is 0.278. The predicted octanol–water partition coefficient (Wildman–Crippen LogP) is 6.78. The van der Waals surface area contributed by atoms with E-state index in [-0.39, 0.29) is 0 Å². The molecule has 9 aromatic rings. The van der Waals surface area contributed by atoms with Crippen LogP contribution in [-0.2, 0) is 0 Å². The molecule has 0 saturated heterocycles. The molecule has 0 saturated carbocycles. The van der Waals surface area contributed by atoms with Crippen LogP contribution >= 0.6 is 0 Å². The first-order valence-electron chi connectivity index (χ1n) is 10.8.